The molecule has 0 bridgehead atoms. The van der Waals surface area contributed by atoms with Gasteiger partial charge in [0.1, 0.15) is 0 Å². The maximum Gasteiger partial charge on any atom is 0.308 e. The van der Waals surface area contributed by atoms with Crippen LogP contribution in [0.2, 0.25) is 0 Å². The Morgan fingerprint density at radius 1 is 1.20 bits per heavy atom. The maximum absolute atomic E-state index is 13.1. The quantitative estimate of drug-likeness (QED) is 0.795. The molecule has 1 amide bonds. The van der Waals surface area contributed by atoms with E-state index in [0.717, 1.165) is 11.1 Å². The van der Waals surface area contributed by atoms with Gasteiger partial charge in [-0.25, -0.2) is 0 Å². The summed E-state index contributed by atoms with van der Waals surface area (Å²) < 4.78 is 5.46. The highest BCUT2D eigenvalue weighted by atomic mass is 16.5. The number of ether oxygens (including phenoxy) is 1. The summed E-state index contributed by atoms with van der Waals surface area (Å²) in [6.07, 6.45) is 1.78. The number of aryl methyl sites for hydroxylation is 1. The van der Waals surface area contributed by atoms with Crippen LogP contribution in [0.1, 0.15) is 44.2 Å². The molecule has 1 aliphatic heterocycles. The monoisotopic (exact) mass is 347 g/mol. The fourth-order valence-electron chi connectivity index (χ4n) is 3.46. The van der Waals surface area contributed by atoms with Gasteiger partial charge in [0.05, 0.1) is 11.3 Å². The molecule has 0 spiro atoms. The van der Waals surface area contributed by atoms with E-state index in [-0.39, 0.29) is 18.4 Å². The molecule has 0 saturated carbocycles. The Hall–Kier alpha value is -1.88. The first-order chi connectivity index (χ1) is 11.8. The second-order valence-electron chi connectivity index (χ2n) is 7.44. The minimum Gasteiger partial charge on any atom is -0.481 e. The number of carboxylic acids is 1. The highest BCUT2D eigenvalue weighted by molar-refractivity contribution is 5.88. The van der Waals surface area contributed by atoms with E-state index >= 15 is 0 Å². The van der Waals surface area contributed by atoms with Crippen molar-refractivity contribution in [1.29, 1.82) is 0 Å². The smallest absolute Gasteiger partial charge is 0.308 e. The lowest BCUT2D eigenvalue weighted by molar-refractivity contribution is -0.142. The van der Waals surface area contributed by atoms with E-state index in [2.05, 4.69) is 5.32 Å². The van der Waals surface area contributed by atoms with E-state index in [1.54, 1.807) is 0 Å². The zero-order valence-corrected chi connectivity index (χ0v) is 15.4. The molecule has 5 nitrogen and oxygen atoms in total. The number of hydrogen-bond acceptors (Lipinski definition) is 3. The Kier molecular flexibility index (Phi) is 6.59. The Morgan fingerprint density at radius 2 is 1.80 bits per heavy atom. The first kappa shape index (κ1) is 19.4. The molecule has 1 fully saturated rings. The van der Waals surface area contributed by atoms with Crippen LogP contribution < -0.4 is 5.32 Å². The van der Waals surface area contributed by atoms with E-state index in [0.29, 0.717) is 32.5 Å². The lowest BCUT2D eigenvalue weighted by atomic mass is 9.73. The van der Waals surface area contributed by atoms with Gasteiger partial charge in [-0.1, -0.05) is 43.7 Å². The van der Waals surface area contributed by atoms with Crippen molar-refractivity contribution in [2.24, 2.45) is 11.8 Å². The van der Waals surface area contributed by atoms with E-state index in [1.807, 2.05) is 45.0 Å². The zero-order chi connectivity index (χ0) is 18.4. The SMILES string of the molecule is Cc1ccc(C2(C(=O)NCC(CC(C)C)C(=O)O)CCOCC2)cc1. The Labute approximate surface area is 149 Å². The summed E-state index contributed by atoms with van der Waals surface area (Å²) in [6.45, 7) is 7.24. The summed E-state index contributed by atoms with van der Waals surface area (Å²) in [5.41, 5.74) is 1.50. The minimum atomic E-state index is -0.856. The highest BCUT2D eigenvalue weighted by Crippen LogP contribution is 2.35. The van der Waals surface area contributed by atoms with Crippen molar-refractivity contribution >= 4 is 11.9 Å². The largest absolute Gasteiger partial charge is 0.481 e. The topological polar surface area (TPSA) is 75.6 Å². The Morgan fingerprint density at radius 3 is 2.32 bits per heavy atom. The van der Waals surface area contributed by atoms with Crippen molar-refractivity contribution in [2.45, 2.75) is 45.4 Å². The molecule has 1 atom stereocenters. The number of rotatable bonds is 7. The standard InChI is InChI=1S/C20H29NO4/c1-14(2)12-16(18(22)23)13-21-19(24)20(8-10-25-11-9-20)17-6-4-15(3)5-7-17/h4-7,14,16H,8-13H2,1-3H3,(H,21,24)(H,22,23). The molecule has 1 heterocycles. The summed E-state index contributed by atoms with van der Waals surface area (Å²) in [5.74, 6) is -1.23. The number of carbonyl (C=O) groups excluding carboxylic acids is 1. The first-order valence-corrected chi connectivity index (χ1v) is 9.01. The summed E-state index contributed by atoms with van der Waals surface area (Å²) in [5, 5.41) is 12.3. The fourth-order valence-corrected chi connectivity index (χ4v) is 3.46. The van der Waals surface area contributed by atoms with Gasteiger partial charge in [-0.15, -0.1) is 0 Å². The number of carboxylic acid groups (broad SMARTS) is 1. The van der Waals surface area contributed by atoms with Crippen molar-refractivity contribution in [2.75, 3.05) is 19.8 Å². The van der Waals surface area contributed by atoms with Crippen LogP contribution in [0.25, 0.3) is 0 Å². The molecule has 1 saturated heterocycles. The average molecular weight is 347 g/mol. The van der Waals surface area contributed by atoms with Gasteiger partial charge in [-0.05, 0) is 37.7 Å². The third-order valence-corrected chi connectivity index (χ3v) is 5.00. The van der Waals surface area contributed by atoms with Gasteiger partial charge in [0.15, 0.2) is 0 Å². The van der Waals surface area contributed by atoms with Gasteiger partial charge in [-0.3, -0.25) is 9.59 Å². The molecule has 0 aromatic heterocycles. The molecule has 1 aromatic carbocycles. The zero-order valence-electron chi connectivity index (χ0n) is 15.4. The van der Waals surface area contributed by atoms with E-state index in [4.69, 9.17) is 4.74 Å². The molecular weight excluding hydrogens is 318 g/mol. The maximum atomic E-state index is 13.1. The molecule has 1 aromatic rings. The number of amides is 1. The number of benzene rings is 1. The first-order valence-electron chi connectivity index (χ1n) is 9.01. The average Bonchev–Trinajstić information content (AvgIpc) is 2.59. The van der Waals surface area contributed by atoms with Crippen LogP contribution in [0.3, 0.4) is 0 Å². The van der Waals surface area contributed by atoms with Gasteiger partial charge in [0.2, 0.25) is 5.91 Å². The lowest BCUT2D eigenvalue weighted by Crippen LogP contribution is -2.49. The molecule has 2 rings (SSSR count). The summed E-state index contributed by atoms with van der Waals surface area (Å²) in [7, 11) is 0. The number of hydrogen-bond donors (Lipinski definition) is 2. The molecule has 2 N–H and O–H groups in total. The highest BCUT2D eigenvalue weighted by Gasteiger charge is 2.41. The van der Waals surface area contributed by atoms with Crippen molar-refractivity contribution in [1.82, 2.24) is 5.32 Å². The number of aliphatic carboxylic acids is 1. The van der Waals surface area contributed by atoms with Crippen molar-refractivity contribution < 1.29 is 19.4 Å². The van der Waals surface area contributed by atoms with Crippen molar-refractivity contribution in [3.05, 3.63) is 35.4 Å². The molecule has 138 valence electrons. The molecule has 1 unspecified atom stereocenters. The minimum absolute atomic E-state index is 0.0883. The van der Waals surface area contributed by atoms with Crippen molar-refractivity contribution in [3.8, 4) is 0 Å². The van der Waals surface area contributed by atoms with Crippen LogP contribution in [0, 0.1) is 18.8 Å². The molecule has 0 aliphatic carbocycles. The lowest BCUT2D eigenvalue weighted by Gasteiger charge is -2.36. The van der Waals surface area contributed by atoms with Crippen LogP contribution in [-0.2, 0) is 19.7 Å². The Bertz CT molecular complexity index is 588. The van der Waals surface area contributed by atoms with Crippen LogP contribution in [-0.4, -0.2) is 36.7 Å². The van der Waals surface area contributed by atoms with Gasteiger partial charge in [0.25, 0.3) is 0 Å². The van der Waals surface area contributed by atoms with Crippen LogP contribution in [0.5, 0.6) is 0 Å². The van der Waals surface area contributed by atoms with Crippen molar-refractivity contribution in [3.63, 3.8) is 0 Å². The molecular formula is C20H29NO4. The third-order valence-electron chi connectivity index (χ3n) is 5.00. The van der Waals surface area contributed by atoms with Crippen LogP contribution in [0.4, 0.5) is 0 Å². The fraction of sp³-hybridized carbons (Fsp3) is 0.600. The number of carbonyl (C=O) groups is 2. The molecule has 0 radical (unpaired) electrons. The molecule has 1 aliphatic rings. The van der Waals surface area contributed by atoms with E-state index in [1.165, 1.54) is 0 Å². The van der Waals surface area contributed by atoms with E-state index in [9.17, 15) is 14.7 Å². The van der Waals surface area contributed by atoms with E-state index < -0.39 is 17.3 Å². The van der Waals surface area contributed by atoms with Crippen LogP contribution >= 0.6 is 0 Å². The van der Waals surface area contributed by atoms with Gasteiger partial charge >= 0.3 is 5.97 Å². The molecule has 25 heavy (non-hydrogen) atoms. The molecule has 5 heteroatoms. The second-order valence-corrected chi connectivity index (χ2v) is 7.44. The predicted octanol–water partition coefficient (Wildman–Crippen LogP) is 2.91. The summed E-state index contributed by atoms with van der Waals surface area (Å²) >= 11 is 0. The van der Waals surface area contributed by atoms with Gasteiger partial charge in [0, 0.05) is 19.8 Å². The second kappa shape index (κ2) is 8.48. The normalized spacial score (nSPS) is 17.9. The van der Waals surface area contributed by atoms with Crippen LogP contribution in [0.15, 0.2) is 24.3 Å². The Balaban J connectivity index is 2.16. The van der Waals surface area contributed by atoms with Gasteiger partial charge in [-0.2, -0.15) is 0 Å². The third kappa shape index (κ3) is 4.82. The summed E-state index contributed by atoms with van der Waals surface area (Å²) in [6, 6.07) is 8.03. The predicted molar refractivity (Wildman–Crippen MR) is 96.5 cm³/mol. The van der Waals surface area contributed by atoms with Gasteiger partial charge < -0.3 is 15.2 Å². The number of nitrogens with one attached hydrogen (secondary N) is 1. The summed E-state index contributed by atoms with van der Waals surface area (Å²) in [4.78, 5) is 24.5.